The lowest BCUT2D eigenvalue weighted by molar-refractivity contribution is 0.0621. The quantitative estimate of drug-likeness (QED) is 0.855. The van der Waals surface area contributed by atoms with Crippen LogP contribution in [0.15, 0.2) is 22.9 Å². The van der Waals surface area contributed by atoms with E-state index in [1.54, 1.807) is 6.92 Å². The Morgan fingerprint density at radius 3 is 2.88 bits per heavy atom. The molecule has 0 fully saturated rings. The van der Waals surface area contributed by atoms with Crippen LogP contribution in [0.25, 0.3) is 0 Å². The van der Waals surface area contributed by atoms with E-state index in [2.05, 4.69) is 30.1 Å². The predicted octanol–water partition coefficient (Wildman–Crippen LogP) is 3.86. The van der Waals surface area contributed by atoms with Gasteiger partial charge in [0.05, 0.1) is 17.4 Å². The standard InChI is InChI=1S/C19H25N3O2/c1-12(2)11-22(19(23)17-13(3)21-24-14(17)4)16-9-5-7-15-8-6-10-20-18(15)16/h6,8,10,12,16H,5,7,9,11H2,1-4H3. The summed E-state index contributed by atoms with van der Waals surface area (Å²) in [6.45, 7) is 8.59. The maximum absolute atomic E-state index is 13.3. The summed E-state index contributed by atoms with van der Waals surface area (Å²) in [7, 11) is 0. The van der Waals surface area contributed by atoms with Gasteiger partial charge in [0.1, 0.15) is 11.3 Å². The van der Waals surface area contributed by atoms with Gasteiger partial charge < -0.3 is 9.42 Å². The van der Waals surface area contributed by atoms with Crippen molar-refractivity contribution >= 4 is 5.91 Å². The molecule has 0 N–H and O–H groups in total. The molecule has 1 aliphatic rings. The van der Waals surface area contributed by atoms with E-state index in [-0.39, 0.29) is 11.9 Å². The average molecular weight is 327 g/mol. The van der Waals surface area contributed by atoms with E-state index in [0.717, 1.165) is 25.0 Å². The summed E-state index contributed by atoms with van der Waals surface area (Å²) in [5, 5.41) is 3.95. The van der Waals surface area contributed by atoms with Gasteiger partial charge in [-0.15, -0.1) is 0 Å². The molecule has 0 bridgehead atoms. The summed E-state index contributed by atoms with van der Waals surface area (Å²) in [5.41, 5.74) is 3.56. The Balaban J connectivity index is 2.01. The fourth-order valence-corrected chi connectivity index (χ4v) is 3.57. The minimum absolute atomic E-state index is 0.00320. The van der Waals surface area contributed by atoms with Crippen molar-refractivity contribution in [3.8, 4) is 0 Å². The van der Waals surface area contributed by atoms with Crippen LogP contribution in [0, 0.1) is 19.8 Å². The lowest BCUT2D eigenvalue weighted by Gasteiger charge is -2.36. The van der Waals surface area contributed by atoms with Gasteiger partial charge in [0, 0.05) is 12.7 Å². The second-order valence-electron chi connectivity index (χ2n) is 7.01. The Labute approximate surface area is 143 Å². The van der Waals surface area contributed by atoms with Gasteiger partial charge in [-0.25, -0.2) is 0 Å². The first-order valence-electron chi connectivity index (χ1n) is 8.66. The molecule has 0 radical (unpaired) electrons. The number of carbonyl (C=O) groups excluding carboxylic acids is 1. The molecule has 1 aliphatic carbocycles. The van der Waals surface area contributed by atoms with Crippen LogP contribution in [0.4, 0.5) is 0 Å². The number of fused-ring (bicyclic) bond motifs is 1. The summed E-state index contributed by atoms with van der Waals surface area (Å²) in [6, 6.07) is 4.13. The van der Waals surface area contributed by atoms with Crippen LogP contribution in [0.2, 0.25) is 0 Å². The van der Waals surface area contributed by atoms with Gasteiger partial charge in [0.2, 0.25) is 0 Å². The Bertz CT molecular complexity index is 716. The van der Waals surface area contributed by atoms with Crippen LogP contribution in [-0.4, -0.2) is 27.5 Å². The van der Waals surface area contributed by atoms with Crippen LogP contribution in [0.3, 0.4) is 0 Å². The van der Waals surface area contributed by atoms with Gasteiger partial charge in [0.15, 0.2) is 0 Å². The normalized spacial score (nSPS) is 17.0. The molecular formula is C19H25N3O2. The number of aromatic nitrogens is 2. The molecule has 0 aliphatic heterocycles. The van der Waals surface area contributed by atoms with Crippen molar-refractivity contribution in [2.45, 2.75) is 53.0 Å². The highest BCUT2D eigenvalue weighted by Crippen LogP contribution is 2.34. The highest BCUT2D eigenvalue weighted by molar-refractivity contribution is 5.96. The van der Waals surface area contributed by atoms with Gasteiger partial charge in [0.25, 0.3) is 5.91 Å². The second kappa shape index (κ2) is 6.75. The fourth-order valence-electron chi connectivity index (χ4n) is 3.57. The minimum atomic E-state index is 0.00320. The van der Waals surface area contributed by atoms with Gasteiger partial charge >= 0.3 is 0 Å². The van der Waals surface area contributed by atoms with Gasteiger partial charge in [-0.1, -0.05) is 25.1 Å². The van der Waals surface area contributed by atoms with Gasteiger partial charge in [-0.2, -0.15) is 0 Å². The lowest BCUT2D eigenvalue weighted by atomic mass is 9.90. The summed E-state index contributed by atoms with van der Waals surface area (Å²) in [6.07, 6.45) is 4.89. The zero-order chi connectivity index (χ0) is 17.3. The molecule has 3 rings (SSSR count). The van der Waals surface area contributed by atoms with Crippen molar-refractivity contribution in [3.05, 3.63) is 46.6 Å². The Kier molecular flexibility index (Phi) is 4.69. The molecule has 5 heteroatoms. The SMILES string of the molecule is Cc1noc(C)c1C(=O)N(CC(C)C)C1CCCc2cccnc21. The zero-order valence-corrected chi connectivity index (χ0v) is 14.9. The third-order valence-corrected chi connectivity index (χ3v) is 4.61. The van der Waals surface area contributed by atoms with Crippen LogP contribution >= 0.6 is 0 Å². The topological polar surface area (TPSA) is 59.2 Å². The zero-order valence-electron chi connectivity index (χ0n) is 14.9. The average Bonchev–Trinajstić information content (AvgIpc) is 2.90. The molecule has 0 saturated heterocycles. The molecule has 1 unspecified atom stereocenters. The minimum Gasteiger partial charge on any atom is -0.361 e. The molecule has 0 saturated carbocycles. The molecule has 1 amide bonds. The number of amides is 1. The highest BCUT2D eigenvalue weighted by atomic mass is 16.5. The largest absolute Gasteiger partial charge is 0.361 e. The Morgan fingerprint density at radius 1 is 1.42 bits per heavy atom. The number of aryl methyl sites for hydroxylation is 3. The van der Waals surface area contributed by atoms with E-state index >= 15 is 0 Å². The monoisotopic (exact) mass is 327 g/mol. The fraction of sp³-hybridized carbons (Fsp3) is 0.526. The maximum Gasteiger partial charge on any atom is 0.259 e. The molecule has 5 nitrogen and oxygen atoms in total. The van der Waals surface area contributed by atoms with E-state index in [1.165, 1.54) is 5.56 Å². The molecule has 2 aromatic rings. The first-order chi connectivity index (χ1) is 11.5. The summed E-state index contributed by atoms with van der Waals surface area (Å²) in [4.78, 5) is 19.9. The number of hydrogen-bond acceptors (Lipinski definition) is 4. The van der Waals surface area contributed by atoms with E-state index in [0.29, 0.717) is 29.5 Å². The van der Waals surface area contributed by atoms with Gasteiger partial charge in [-0.3, -0.25) is 9.78 Å². The summed E-state index contributed by atoms with van der Waals surface area (Å²) >= 11 is 0. The Hall–Kier alpha value is -2.17. The van der Waals surface area contributed by atoms with Crippen molar-refractivity contribution in [1.29, 1.82) is 0 Å². The third-order valence-electron chi connectivity index (χ3n) is 4.61. The first kappa shape index (κ1) is 16.7. The van der Waals surface area contributed by atoms with Crippen molar-refractivity contribution < 1.29 is 9.32 Å². The molecule has 24 heavy (non-hydrogen) atoms. The van der Waals surface area contributed by atoms with Crippen molar-refractivity contribution in [2.24, 2.45) is 5.92 Å². The molecule has 2 aromatic heterocycles. The smallest absolute Gasteiger partial charge is 0.259 e. The molecule has 128 valence electrons. The van der Waals surface area contributed by atoms with Crippen molar-refractivity contribution in [1.82, 2.24) is 15.0 Å². The second-order valence-corrected chi connectivity index (χ2v) is 7.01. The molecule has 1 atom stereocenters. The lowest BCUT2D eigenvalue weighted by Crippen LogP contribution is -2.40. The van der Waals surface area contributed by atoms with Crippen LogP contribution in [-0.2, 0) is 6.42 Å². The summed E-state index contributed by atoms with van der Waals surface area (Å²) < 4.78 is 5.22. The van der Waals surface area contributed by atoms with E-state index in [9.17, 15) is 4.79 Å². The molecule has 0 aromatic carbocycles. The molecule has 0 spiro atoms. The van der Waals surface area contributed by atoms with Crippen LogP contribution < -0.4 is 0 Å². The highest BCUT2D eigenvalue weighted by Gasteiger charge is 2.33. The molecular weight excluding hydrogens is 302 g/mol. The van der Waals surface area contributed by atoms with Crippen LogP contribution in [0.1, 0.15) is 65.8 Å². The number of pyridine rings is 1. The number of carbonyl (C=O) groups is 1. The Morgan fingerprint density at radius 2 is 2.21 bits per heavy atom. The number of rotatable bonds is 4. The maximum atomic E-state index is 13.3. The summed E-state index contributed by atoms with van der Waals surface area (Å²) in [5.74, 6) is 0.968. The predicted molar refractivity (Wildman–Crippen MR) is 91.8 cm³/mol. The van der Waals surface area contributed by atoms with Crippen LogP contribution in [0.5, 0.6) is 0 Å². The third kappa shape index (κ3) is 3.07. The number of hydrogen-bond donors (Lipinski definition) is 0. The van der Waals surface area contributed by atoms with E-state index < -0.39 is 0 Å². The molecule has 2 heterocycles. The number of nitrogens with zero attached hydrogens (tertiary/aromatic N) is 3. The van der Waals surface area contributed by atoms with E-state index in [4.69, 9.17) is 4.52 Å². The van der Waals surface area contributed by atoms with E-state index in [1.807, 2.05) is 24.1 Å². The first-order valence-corrected chi connectivity index (χ1v) is 8.66. The van der Waals surface area contributed by atoms with Crippen molar-refractivity contribution in [2.75, 3.05) is 6.54 Å². The van der Waals surface area contributed by atoms with Gasteiger partial charge in [-0.05, 0) is 50.7 Å². The van der Waals surface area contributed by atoms with Crippen molar-refractivity contribution in [3.63, 3.8) is 0 Å².